The summed E-state index contributed by atoms with van der Waals surface area (Å²) < 4.78 is 39.9. The summed E-state index contributed by atoms with van der Waals surface area (Å²) in [7, 11) is 0. The van der Waals surface area contributed by atoms with Gasteiger partial charge in [-0.1, -0.05) is 18.2 Å². The molecular formula is C24H23F3N4O. The molecule has 0 unspecified atom stereocenters. The first-order chi connectivity index (χ1) is 15.3. The number of halogens is 3. The van der Waals surface area contributed by atoms with Crippen LogP contribution in [0, 0.1) is 17.2 Å². The molecule has 32 heavy (non-hydrogen) atoms. The minimum Gasteiger partial charge on any atom is -0.367 e. The molecule has 2 aliphatic rings. The van der Waals surface area contributed by atoms with Crippen LogP contribution in [0.15, 0.2) is 55.1 Å². The number of carbonyl (C=O) groups excluding carboxylic acids is 1. The Kier molecular flexibility index (Phi) is 5.83. The molecule has 2 atom stereocenters. The summed E-state index contributed by atoms with van der Waals surface area (Å²) in [6, 6.07) is 13.1. The standard InChI is InChI=1S/C24H23F3N4O/c1-2-9-29-23(32)19-13-17-12-18(24(25,26)27)7-8-21(17)31-11-10-30(15-22(19)31)20-6-4-3-5-16(20)14-28/h2-8,12,19,22H,1,9-11,13,15H2,(H,29,32)/t19-,22-/m0/s1. The molecule has 1 saturated heterocycles. The van der Waals surface area contributed by atoms with Gasteiger partial charge < -0.3 is 15.1 Å². The molecule has 0 saturated carbocycles. The average molecular weight is 440 g/mol. The van der Waals surface area contributed by atoms with Crippen molar-refractivity contribution in [3.63, 3.8) is 0 Å². The van der Waals surface area contributed by atoms with Crippen LogP contribution in [0.25, 0.3) is 0 Å². The first-order valence-electron chi connectivity index (χ1n) is 10.4. The molecule has 8 heteroatoms. The van der Waals surface area contributed by atoms with Gasteiger partial charge in [0.2, 0.25) is 5.91 Å². The van der Waals surface area contributed by atoms with Crippen LogP contribution in [0.1, 0.15) is 16.7 Å². The van der Waals surface area contributed by atoms with E-state index in [1.54, 1.807) is 18.2 Å². The number of nitrogens with zero attached hydrogens (tertiary/aromatic N) is 3. The largest absolute Gasteiger partial charge is 0.416 e. The van der Waals surface area contributed by atoms with Crippen molar-refractivity contribution < 1.29 is 18.0 Å². The number of benzene rings is 2. The number of rotatable bonds is 4. The van der Waals surface area contributed by atoms with E-state index >= 15 is 0 Å². The van der Waals surface area contributed by atoms with E-state index in [4.69, 9.17) is 0 Å². The Morgan fingerprint density at radius 1 is 1.22 bits per heavy atom. The fourth-order valence-electron chi connectivity index (χ4n) is 4.67. The van der Waals surface area contributed by atoms with E-state index in [9.17, 15) is 23.2 Å². The van der Waals surface area contributed by atoms with Gasteiger partial charge in [-0.2, -0.15) is 18.4 Å². The normalized spacial score (nSPS) is 20.1. The van der Waals surface area contributed by atoms with E-state index in [2.05, 4.69) is 22.9 Å². The Balaban J connectivity index is 1.70. The predicted molar refractivity (Wildman–Crippen MR) is 116 cm³/mol. The van der Waals surface area contributed by atoms with Crippen molar-refractivity contribution in [3.05, 3.63) is 71.8 Å². The van der Waals surface area contributed by atoms with Crippen LogP contribution < -0.4 is 15.1 Å². The molecule has 5 nitrogen and oxygen atoms in total. The van der Waals surface area contributed by atoms with Gasteiger partial charge >= 0.3 is 6.18 Å². The third-order valence-corrected chi connectivity index (χ3v) is 6.16. The van der Waals surface area contributed by atoms with Crippen LogP contribution in [0.3, 0.4) is 0 Å². The number of nitriles is 1. The zero-order chi connectivity index (χ0) is 22.9. The molecule has 2 aromatic carbocycles. The fraction of sp³-hybridized carbons (Fsp3) is 0.333. The molecule has 1 N–H and O–H groups in total. The second-order valence-corrected chi connectivity index (χ2v) is 8.02. The molecule has 166 valence electrons. The lowest BCUT2D eigenvalue weighted by molar-refractivity contribution is -0.137. The molecular weight excluding hydrogens is 417 g/mol. The van der Waals surface area contributed by atoms with Crippen LogP contribution in [0.5, 0.6) is 0 Å². The molecule has 1 fully saturated rings. The lowest BCUT2D eigenvalue weighted by Gasteiger charge is -2.49. The highest BCUT2D eigenvalue weighted by atomic mass is 19.4. The number of nitrogens with one attached hydrogen (secondary N) is 1. The first kappa shape index (κ1) is 21.8. The Morgan fingerprint density at radius 2 is 2.00 bits per heavy atom. The lowest BCUT2D eigenvalue weighted by Crippen LogP contribution is -2.61. The first-order valence-corrected chi connectivity index (χ1v) is 10.4. The number of hydrogen-bond acceptors (Lipinski definition) is 4. The van der Waals surface area contributed by atoms with E-state index in [1.807, 2.05) is 17.0 Å². The molecule has 2 aliphatic heterocycles. The summed E-state index contributed by atoms with van der Waals surface area (Å²) in [4.78, 5) is 17.1. The number of hydrogen-bond donors (Lipinski definition) is 1. The van der Waals surface area contributed by atoms with Gasteiger partial charge in [0, 0.05) is 31.9 Å². The Morgan fingerprint density at radius 3 is 2.72 bits per heavy atom. The number of carbonyl (C=O) groups is 1. The maximum atomic E-state index is 13.3. The number of alkyl halides is 3. The maximum absolute atomic E-state index is 13.3. The smallest absolute Gasteiger partial charge is 0.367 e. The fourth-order valence-corrected chi connectivity index (χ4v) is 4.67. The van der Waals surface area contributed by atoms with Crippen molar-refractivity contribution in [1.82, 2.24) is 5.32 Å². The number of fused-ring (bicyclic) bond motifs is 3. The number of piperazine rings is 1. The summed E-state index contributed by atoms with van der Waals surface area (Å²) in [5.41, 5.74) is 1.92. The third kappa shape index (κ3) is 4.03. The maximum Gasteiger partial charge on any atom is 0.416 e. The Labute approximate surface area is 184 Å². The summed E-state index contributed by atoms with van der Waals surface area (Å²) in [6.45, 7) is 5.53. The van der Waals surface area contributed by atoms with Crippen molar-refractivity contribution >= 4 is 17.3 Å². The summed E-state index contributed by atoms with van der Waals surface area (Å²) >= 11 is 0. The minimum atomic E-state index is -4.44. The molecule has 4 rings (SSSR count). The summed E-state index contributed by atoms with van der Waals surface area (Å²) in [5, 5.41) is 12.3. The molecule has 0 radical (unpaired) electrons. The Bertz CT molecular complexity index is 1080. The SMILES string of the molecule is C=CCNC(=O)[C@H]1Cc2cc(C(F)(F)F)ccc2N2CCN(c3ccccc3C#N)C[C@@H]12. The van der Waals surface area contributed by atoms with Crippen LogP contribution in [-0.4, -0.2) is 38.1 Å². The summed E-state index contributed by atoms with van der Waals surface area (Å²) in [5.74, 6) is -0.735. The topological polar surface area (TPSA) is 59.4 Å². The van der Waals surface area contributed by atoms with Gasteiger partial charge in [-0.3, -0.25) is 4.79 Å². The van der Waals surface area contributed by atoms with Gasteiger partial charge in [0.15, 0.2) is 0 Å². The molecule has 2 aromatic rings. The quantitative estimate of drug-likeness (QED) is 0.736. The van der Waals surface area contributed by atoms with Crippen LogP contribution >= 0.6 is 0 Å². The van der Waals surface area contributed by atoms with E-state index in [-0.39, 0.29) is 18.4 Å². The molecule has 1 amide bonds. The summed E-state index contributed by atoms with van der Waals surface area (Å²) in [6.07, 6.45) is -2.64. The van der Waals surface area contributed by atoms with Crippen molar-refractivity contribution in [2.75, 3.05) is 36.0 Å². The van der Waals surface area contributed by atoms with Gasteiger partial charge in [0.1, 0.15) is 6.07 Å². The zero-order valence-electron chi connectivity index (χ0n) is 17.4. The van der Waals surface area contributed by atoms with Crippen LogP contribution in [-0.2, 0) is 17.4 Å². The van der Waals surface area contributed by atoms with Gasteiger partial charge in [0.05, 0.1) is 28.8 Å². The molecule has 2 heterocycles. The highest BCUT2D eigenvalue weighted by Gasteiger charge is 2.43. The predicted octanol–water partition coefficient (Wildman–Crippen LogP) is 3.75. The minimum absolute atomic E-state index is 0.210. The second-order valence-electron chi connectivity index (χ2n) is 8.02. The van der Waals surface area contributed by atoms with Crippen molar-refractivity contribution in [2.45, 2.75) is 18.6 Å². The van der Waals surface area contributed by atoms with Gasteiger partial charge in [-0.05, 0) is 42.3 Å². The second kappa shape index (κ2) is 8.58. The molecule has 0 aromatic heterocycles. The Hall–Kier alpha value is -3.47. The third-order valence-electron chi connectivity index (χ3n) is 6.16. The van der Waals surface area contributed by atoms with Crippen molar-refractivity contribution in [3.8, 4) is 6.07 Å². The highest BCUT2D eigenvalue weighted by Crippen LogP contribution is 2.40. The number of para-hydroxylation sites is 1. The molecule has 0 bridgehead atoms. The number of amides is 1. The van der Waals surface area contributed by atoms with Gasteiger partial charge in [-0.25, -0.2) is 0 Å². The van der Waals surface area contributed by atoms with Crippen LogP contribution in [0.2, 0.25) is 0 Å². The van der Waals surface area contributed by atoms with E-state index in [0.29, 0.717) is 37.3 Å². The van der Waals surface area contributed by atoms with Gasteiger partial charge in [-0.15, -0.1) is 6.58 Å². The molecule has 0 spiro atoms. The van der Waals surface area contributed by atoms with Crippen molar-refractivity contribution in [2.24, 2.45) is 5.92 Å². The monoisotopic (exact) mass is 440 g/mol. The number of anilines is 2. The van der Waals surface area contributed by atoms with E-state index in [1.165, 1.54) is 6.07 Å². The van der Waals surface area contributed by atoms with Gasteiger partial charge in [0.25, 0.3) is 0 Å². The van der Waals surface area contributed by atoms with Crippen molar-refractivity contribution in [1.29, 1.82) is 5.26 Å². The molecule has 0 aliphatic carbocycles. The zero-order valence-corrected chi connectivity index (χ0v) is 17.4. The van der Waals surface area contributed by atoms with Crippen LogP contribution in [0.4, 0.5) is 24.5 Å². The lowest BCUT2D eigenvalue weighted by atomic mass is 9.82. The average Bonchev–Trinajstić information content (AvgIpc) is 2.80. The highest BCUT2D eigenvalue weighted by molar-refractivity contribution is 5.82. The van der Waals surface area contributed by atoms with E-state index < -0.39 is 17.7 Å². The van der Waals surface area contributed by atoms with E-state index in [0.717, 1.165) is 23.5 Å².